The van der Waals surface area contributed by atoms with Gasteiger partial charge in [0.1, 0.15) is 6.54 Å². The highest BCUT2D eigenvalue weighted by Gasteiger charge is 2.33. The normalized spacial score (nSPS) is 11.7. The number of nitrogens with zero attached hydrogens (tertiary/aromatic N) is 1. The van der Waals surface area contributed by atoms with Crippen LogP contribution >= 0.6 is 0 Å². The van der Waals surface area contributed by atoms with E-state index in [4.69, 9.17) is 5.73 Å². The largest absolute Gasteiger partial charge is 0.406 e. The lowest BCUT2D eigenvalue weighted by atomic mass is 10.1. The van der Waals surface area contributed by atoms with Crippen molar-refractivity contribution >= 4 is 11.6 Å². The van der Waals surface area contributed by atoms with Crippen molar-refractivity contribution in [1.82, 2.24) is 4.90 Å². The average Bonchev–Trinajstić information content (AvgIpc) is 2.32. The average molecular weight is 288 g/mol. The molecule has 1 aromatic carbocycles. The predicted molar refractivity (Wildman–Crippen MR) is 72.1 cm³/mol. The molecule has 0 atom stereocenters. The van der Waals surface area contributed by atoms with E-state index in [0.29, 0.717) is 12.1 Å². The van der Waals surface area contributed by atoms with Gasteiger partial charge in [-0.15, -0.1) is 0 Å². The summed E-state index contributed by atoms with van der Waals surface area (Å²) in [7, 11) is 0. The summed E-state index contributed by atoms with van der Waals surface area (Å²) in [4.78, 5) is 12.8. The fourth-order valence-electron chi connectivity index (χ4n) is 1.90. The van der Waals surface area contributed by atoms with Crippen LogP contribution in [0.1, 0.15) is 25.8 Å². The second-order valence-electron chi connectivity index (χ2n) is 4.98. The number of hydrogen-bond donors (Lipinski definition) is 1. The summed E-state index contributed by atoms with van der Waals surface area (Å²) in [6.45, 7) is 1.94. The van der Waals surface area contributed by atoms with Crippen molar-refractivity contribution < 1.29 is 18.0 Å². The molecule has 2 N–H and O–H groups in total. The van der Waals surface area contributed by atoms with Gasteiger partial charge in [0.25, 0.3) is 0 Å². The molecule has 0 aliphatic carbocycles. The van der Waals surface area contributed by atoms with Crippen LogP contribution in [0, 0.1) is 0 Å². The van der Waals surface area contributed by atoms with Crippen LogP contribution in [0.25, 0.3) is 0 Å². The molecule has 3 nitrogen and oxygen atoms in total. The Morgan fingerprint density at radius 2 is 2.00 bits per heavy atom. The Morgan fingerprint density at radius 1 is 1.35 bits per heavy atom. The summed E-state index contributed by atoms with van der Waals surface area (Å²) in [5, 5.41) is 0. The van der Waals surface area contributed by atoms with E-state index in [9.17, 15) is 18.0 Å². The van der Waals surface area contributed by atoms with Gasteiger partial charge in [0.2, 0.25) is 5.91 Å². The van der Waals surface area contributed by atoms with Gasteiger partial charge in [0.05, 0.1) is 0 Å². The first kappa shape index (κ1) is 16.3. The van der Waals surface area contributed by atoms with Crippen LogP contribution in [0.4, 0.5) is 18.9 Å². The lowest BCUT2D eigenvalue weighted by molar-refractivity contribution is -0.164. The van der Waals surface area contributed by atoms with Crippen LogP contribution in [-0.2, 0) is 11.2 Å². The molecule has 20 heavy (non-hydrogen) atoms. The van der Waals surface area contributed by atoms with E-state index < -0.39 is 24.7 Å². The number of halogens is 3. The summed E-state index contributed by atoms with van der Waals surface area (Å²) in [6.07, 6.45) is -3.96. The SMILES string of the molecule is CC(C)N(CC(F)(F)F)C(=O)CCc1cccc(N)c1. The van der Waals surface area contributed by atoms with Crippen LogP contribution in [0.15, 0.2) is 24.3 Å². The number of carbonyl (C=O) groups excluding carboxylic acids is 1. The zero-order chi connectivity index (χ0) is 15.3. The highest BCUT2D eigenvalue weighted by Crippen LogP contribution is 2.19. The van der Waals surface area contributed by atoms with Crippen LogP contribution in [0.3, 0.4) is 0 Å². The van der Waals surface area contributed by atoms with Gasteiger partial charge >= 0.3 is 6.18 Å². The van der Waals surface area contributed by atoms with E-state index >= 15 is 0 Å². The van der Waals surface area contributed by atoms with Crippen LogP contribution in [-0.4, -0.2) is 29.6 Å². The Hall–Kier alpha value is -1.72. The maximum absolute atomic E-state index is 12.4. The lowest BCUT2D eigenvalue weighted by Gasteiger charge is -2.27. The molecule has 0 radical (unpaired) electrons. The standard InChI is InChI=1S/C14H19F3N2O/c1-10(2)19(9-14(15,16)17)13(20)7-6-11-4-3-5-12(18)8-11/h3-5,8,10H,6-7,9,18H2,1-2H3. The van der Waals surface area contributed by atoms with Gasteiger partial charge in [0, 0.05) is 18.2 Å². The minimum absolute atomic E-state index is 0.0394. The van der Waals surface area contributed by atoms with Crippen molar-refractivity contribution in [1.29, 1.82) is 0 Å². The van der Waals surface area contributed by atoms with Crippen LogP contribution in [0.5, 0.6) is 0 Å². The summed E-state index contributed by atoms with van der Waals surface area (Å²) in [5.41, 5.74) is 7.03. The number of aryl methyl sites for hydroxylation is 1. The van der Waals surface area contributed by atoms with E-state index in [-0.39, 0.29) is 6.42 Å². The maximum atomic E-state index is 12.4. The number of anilines is 1. The minimum Gasteiger partial charge on any atom is -0.399 e. The van der Waals surface area contributed by atoms with Crippen molar-refractivity contribution in [3.05, 3.63) is 29.8 Å². The Bertz CT molecular complexity index is 458. The summed E-state index contributed by atoms with van der Waals surface area (Å²) < 4.78 is 37.3. The highest BCUT2D eigenvalue weighted by atomic mass is 19.4. The summed E-state index contributed by atoms with van der Waals surface area (Å²) in [5.74, 6) is -0.500. The molecule has 0 saturated carbocycles. The fraction of sp³-hybridized carbons (Fsp3) is 0.500. The third kappa shape index (κ3) is 5.50. The number of alkyl halides is 3. The summed E-state index contributed by atoms with van der Waals surface area (Å²) in [6, 6.07) is 6.51. The maximum Gasteiger partial charge on any atom is 0.406 e. The molecule has 0 spiro atoms. The van der Waals surface area contributed by atoms with Gasteiger partial charge in [-0.2, -0.15) is 13.2 Å². The molecule has 0 aliphatic rings. The molecule has 0 unspecified atom stereocenters. The van der Waals surface area contributed by atoms with E-state index in [1.54, 1.807) is 38.1 Å². The van der Waals surface area contributed by atoms with Crippen LogP contribution in [0.2, 0.25) is 0 Å². The second kappa shape index (κ2) is 6.63. The third-order valence-corrected chi connectivity index (χ3v) is 2.87. The number of nitrogen functional groups attached to an aromatic ring is 1. The Balaban J connectivity index is 2.63. The molecule has 0 saturated heterocycles. The summed E-state index contributed by atoms with van der Waals surface area (Å²) >= 11 is 0. The minimum atomic E-state index is -4.38. The smallest absolute Gasteiger partial charge is 0.399 e. The van der Waals surface area contributed by atoms with Gasteiger partial charge in [-0.3, -0.25) is 4.79 Å². The second-order valence-corrected chi connectivity index (χ2v) is 4.98. The monoisotopic (exact) mass is 288 g/mol. The molecular formula is C14H19F3N2O. The number of rotatable bonds is 5. The quantitative estimate of drug-likeness (QED) is 0.847. The van der Waals surface area contributed by atoms with Gasteiger partial charge in [-0.1, -0.05) is 12.1 Å². The molecular weight excluding hydrogens is 269 g/mol. The fourth-order valence-corrected chi connectivity index (χ4v) is 1.90. The molecule has 0 aromatic heterocycles. The number of amides is 1. The van der Waals surface area contributed by atoms with Crippen molar-refractivity contribution in [3.63, 3.8) is 0 Å². The predicted octanol–water partition coefficient (Wildman–Crippen LogP) is 3.00. The molecule has 1 rings (SSSR count). The number of nitrogens with two attached hydrogens (primary N) is 1. The van der Waals surface area contributed by atoms with Crippen molar-refractivity contribution in [2.24, 2.45) is 0 Å². The Kier molecular flexibility index (Phi) is 5.42. The number of benzene rings is 1. The van der Waals surface area contributed by atoms with E-state index in [0.717, 1.165) is 10.5 Å². The number of carbonyl (C=O) groups is 1. The topological polar surface area (TPSA) is 46.3 Å². The molecule has 0 fully saturated rings. The molecule has 1 amide bonds. The first-order chi connectivity index (χ1) is 9.19. The van der Waals surface area contributed by atoms with Crippen molar-refractivity contribution in [2.45, 2.75) is 38.9 Å². The third-order valence-electron chi connectivity index (χ3n) is 2.87. The molecule has 6 heteroatoms. The van der Waals surface area contributed by atoms with E-state index in [1.165, 1.54) is 0 Å². The van der Waals surface area contributed by atoms with Crippen molar-refractivity contribution in [3.8, 4) is 0 Å². The molecule has 0 aliphatic heterocycles. The van der Waals surface area contributed by atoms with Crippen molar-refractivity contribution in [2.75, 3.05) is 12.3 Å². The van der Waals surface area contributed by atoms with E-state index in [2.05, 4.69) is 0 Å². The van der Waals surface area contributed by atoms with E-state index in [1.807, 2.05) is 0 Å². The zero-order valence-corrected chi connectivity index (χ0v) is 11.6. The Morgan fingerprint density at radius 3 is 2.50 bits per heavy atom. The molecule has 0 heterocycles. The lowest BCUT2D eigenvalue weighted by Crippen LogP contribution is -2.43. The number of hydrogen-bond acceptors (Lipinski definition) is 2. The van der Waals surface area contributed by atoms with Crippen LogP contribution < -0.4 is 5.73 Å². The highest BCUT2D eigenvalue weighted by molar-refractivity contribution is 5.76. The van der Waals surface area contributed by atoms with Gasteiger partial charge in [-0.25, -0.2) is 0 Å². The zero-order valence-electron chi connectivity index (χ0n) is 11.6. The van der Waals surface area contributed by atoms with Gasteiger partial charge < -0.3 is 10.6 Å². The molecule has 1 aromatic rings. The molecule has 0 bridgehead atoms. The van der Waals surface area contributed by atoms with Gasteiger partial charge in [0.15, 0.2) is 0 Å². The first-order valence-corrected chi connectivity index (χ1v) is 6.39. The Labute approximate surface area is 116 Å². The van der Waals surface area contributed by atoms with Gasteiger partial charge in [-0.05, 0) is 38.0 Å². The first-order valence-electron chi connectivity index (χ1n) is 6.39. The molecule has 112 valence electrons.